The van der Waals surface area contributed by atoms with Gasteiger partial charge < -0.3 is 10.2 Å². The maximum Gasteiger partial charge on any atom is 0.246 e. The molecule has 0 saturated carbocycles. The molecule has 0 bridgehead atoms. The van der Waals surface area contributed by atoms with Crippen LogP contribution in [-0.2, 0) is 9.59 Å². The third-order valence-corrected chi connectivity index (χ3v) is 4.47. The highest BCUT2D eigenvalue weighted by atomic mass is 32.1. The lowest BCUT2D eigenvalue weighted by molar-refractivity contribution is -0.152. The zero-order valence-electron chi connectivity index (χ0n) is 11.4. The van der Waals surface area contributed by atoms with Crippen LogP contribution in [0.25, 0.3) is 0 Å². The van der Waals surface area contributed by atoms with E-state index in [2.05, 4.69) is 10.3 Å². The van der Waals surface area contributed by atoms with Crippen LogP contribution >= 0.6 is 11.3 Å². The number of nitrogens with zero attached hydrogens (tertiary/aromatic N) is 2. The minimum absolute atomic E-state index is 0.00310. The summed E-state index contributed by atoms with van der Waals surface area (Å²) in [5, 5.41) is 5.56. The molecule has 2 heterocycles. The normalized spacial score (nSPS) is 25.3. The van der Waals surface area contributed by atoms with Gasteiger partial charge in [0.05, 0.1) is 6.04 Å². The second-order valence-corrected chi connectivity index (χ2v) is 5.61. The Kier molecular flexibility index (Phi) is 4.19. The number of aromatic nitrogens is 1. The van der Waals surface area contributed by atoms with Crippen LogP contribution in [0.5, 0.6) is 0 Å². The molecule has 1 fully saturated rings. The van der Waals surface area contributed by atoms with Crippen molar-refractivity contribution in [1.82, 2.24) is 15.2 Å². The van der Waals surface area contributed by atoms with Gasteiger partial charge in [-0.05, 0) is 19.8 Å². The zero-order chi connectivity index (χ0) is 14.0. The van der Waals surface area contributed by atoms with E-state index in [9.17, 15) is 9.59 Å². The summed E-state index contributed by atoms with van der Waals surface area (Å²) in [5.74, 6) is -0.0611. The standard InChI is InChI=1S/C13H19N3O2S/c1-4-9-13(18)16(10(5-2)11(17)15-9)8(3)12-14-6-7-19-12/h6-10H,4-5H2,1-3H3,(H,15,17). The van der Waals surface area contributed by atoms with E-state index in [1.165, 1.54) is 11.3 Å². The number of hydrogen-bond acceptors (Lipinski definition) is 4. The van der Waals surface area contributed by atoms with Gasteiger partial charge in [0, 0.05) is 11.6 Å². The maximum atomic E-state index is 12.5. The quantitative estimate of drug-likeness (QED) is 0.914. The highest BCUT2D eigenvalue weighted by molar-refractivity contribution is 7.09. The molecule has 0 spiro atoms. The van der Waals surface area contributed by atoms with E-state index in [0.29, 0.717) is 12.8 Å². The molecule has 6 heteroatoms. The van der Waals surface area contributed by atoms with E-state index in [1.807, 2.05) is 26.2 Å². The molecule has 3 atom stereocenters. The Morgan fingerprint density at radius 3 is 2.68 bits per heavy atom. The first kappa shape index (κ1) is 14.0. The molecule has 0 radical (unpaired) electrons. The van der Waals surface area contributed by atoms with Crippen molar-refractivity contribution in [2.45, 2.75) is 51.7 Å². The fourth-order valence-electron chi connectivity index (χ4n) is 2.47. The second-order valence-electron chi connectivity index (χ2n) is 4.69. The van der Waals surface area contributed by atoms with Crippen molar-refractivity contribution in [3.05, 3.63) is 16.6 Å². The van der Waals surface area contributed by atoms with Crippen LogP contribution in [0, 0.1) is 0 Å². The van der Waals surface area contributed by atoms with Crippen molar-refractivity contribution in [2.24, 2.45) is 0 Å². The third-order valence-electron chi connectivity index (χ3n) is 3.53. The Morgan fingerprint density at radius 1 is 1.42 bits per heavy atom. The molecule has 1 aliphatic rings. The second kappa shape index (κ2) is 5.69. The van der Waals surface area contributed by atoms with Crippen LogP contribution in [0.15, 0.2) is 11.6 Å². The Balaban J connectivity index is 2.31. The van der Waals surface area contributed by atoms with Crippen molar-refractivity contribution in [1.29, 1.82) is 0 Å². The molecule has 1 aromatic heterocycles. The molecular weight excluding hydrogens is 262 g/mol. The monoisotopic (exact) mass is 281 g/mol. The van der Waals surface area contributed by atoms with E-state index in [0.717, 1.165) is 5.01 Å². The molecule has 1 aromatic rings. The van der Waals surface area contributed by atoms with Gasteiger partial charge in [-0.2, -0.15) is 0 Å². The van der Waals surface area contributed by atoms with Crippen LogP contribution in [-0.4, -0.2) is 33.8 Å². The summed E-state index contributed by atoms with van der Waals surface area (Å²) >= 11 is 1.51. The molecule has 1 saturated heterocycles. The van der Waals surface area contributed by atoms with Crippen molar-refractivity contribution in [3.63, 3.8) is 0 Å². The van der Waals surface area contributed by atoms with E-state index in [-0.39, 0.29) is 17.9 Å². The summed E-state index contributed by atoms with van der Waals surface area (Å²) in [4.78, 5) is 30.6. The Hall–Kier alpha value is -1.43. The SMILES string of the molecule is CCC1NC(=O)C(CC)N(C(C)c2nccs2)C1=O. The molecule has 3 unspecified atom stereocenters. The molecule has 5 nitrogen and oxygen atoms in total. The van der Waals surface area contributed by atoms with E-state index in [1.54, 1.807) is 11.1 Å². The van der Waals surface area contributed by atoms with Gasteiger partial charge in [0.15, 0.2) is 0 Å². The van der Waals surface area contributed by atoms with Crippen LogP contribution in [0.4, 0.5) is 0 Å². The molecular formula is C13H19N3O2S. The largest absolute Gasteiger partial charge is 0.343 e. The first-order valence-electron chi connectivity index (χ1n) is 6.62. The number of nitrogens with one attached hydrogen (secondary N) is 1. The van der Waals surface area contributed by atoms with E-state index < -0.39 is 12.1 Å². The number of hydrogen-bond donors (Lipinski definition) is 1. The molecule has 1 aliphatic heterocycles. The van der Waals surface area contributed by atoms with Crippen molar-refractivity contribution in [3.8, 4) is 0 Å². The topological polar surface area (TPSA) is 62.3 Å². The number of piperazine rings is 1. The van der Waals surface area contributed by atoms with Gasteiger partial charge in [0.1, 0.15) is 17.1 Å². The van der Waals surface area contributed by atoms with Gasteiger partial charge >= 0.3 is 0 Å². The minimum Gasteiger partial charge on any atom is -0.343 e. The third kappa shape index (κ3) is 2.49. The van der Waals surface area contributed by atoms with E-state index >= 15 is 0 Å². The number of carbonyl (C=O) groups is 2. The van der Waals surface area contributed by atoms with Crippen LogP contribution in [0.2, 0.25) is 0 Å². The molecule has 0 aliphatic carbocycles. The predicted octanol–water partition coefficient (Wildman–Crippen LogP) is 1.72. The number of thiazole rings is 1. The first-order chi connectivity index (χ1) is 9.10. The molecule has 2 amide bonds. The van der Waals surface area contributed by atoms with E-state index in [4.69, 9.17) is 0 Å². The smallest absolute Gasteiger partial charge is 0.246 e. The summed E-state index contributed by atoms with van der Waals surface area (Å²) < 4.78 is 0. The van der Waals surface area contributed by atoms with Gasteiger partial charge in [-0.1, -0.05) is 13.8 Å². The van der Waals surface area contributed by atoms with Crippen LogP contribution < -0.4 is 5.32 Å². The summed E-state index contributed by atoms with van der Waals surface area (Å²) in [6.07, 6.45) is 2.95. The van der Waals surface area contributed by atoms with Gasteiger partial charge in [-0.3, -0.25) is 9.59 Å². The number of carbonyl (C=O) groups excluding carboxylic acids is 2. The zero-order valence-corrected chi connectivity index (χ0v) is 12.2. The molecule has 104 valence electrons. The fourth-order valence-corrected chi connectivity index (χ4v) is 3.16. The highest BCUT2D eigenvalue weighted by Gasteiger charge is 2.41. The lowest BCUT2D eigenvalue weighted by atomic mass is 10.0. The fraction of sp³-hybridized carbons (Fsp3) is 0.615. The Labute approximate surface area is 117 Å². The van der Waals surface area contributed by atoms with Gasteiger partial charge in [0.25, 0.3) is 0 Å². The first-order valence-corrected chi connectivity index (χ1v) is 7.50. The van der Waals surface area contributed by atoms with Gasteiger partial charge in [0.2, 0.25) is 11.8 Å². The average Bonchev–Trinajstić information content (AvgIpc) is 2.93. The maximum absolute atomic E-state index is 12.5. The average molecular weight is 281 g/mol. The highest BCUT2D eigenvalue weighted by Crippen LogP contribution is 2.28. The summed E-state index contributed by atoms with van der Waals surface area (Å²) in [6.45, 7) is 5.76. The number of rotatable bonds is 4. The number of amides is 2. The summed E-state index contributed by atoms with van der Waals surface area (Å²) in [6, 6.07) is -0.954. The molecule has 0 aromatic carbocycles. The molecule has 19 heavy (non-hydrogen) atoms. The van der Waals surface area contributed by atoms with Gasteiger partial charge in [-0.25, -0.2) is 4.98 Å². The van der Waals surface area contributed by atoms with Crippen molar-refractivity contribution < 1.29 is 9.59 Å². The lowest BCUT2D eigenvalue weighted by Gasteiger charge is -2.41. The molecule has 2 rings (SSSR count). The van der Waals surface area contributed by atoms with Gasteiger partial charge in [-0.15, -0.1) is 11.3 Å². The van der Waals surface area contributed by atoms with Crippen molar-refractivity contribution in [2.75, 3.05) is 0 Å². The predicted molar refractivity (Wildman–Crippen MR) is 73.7 cm³/mol. The summed E-state index contributed by atoms with van der Waals surface area (Å²) in [7, 11) is 0. The lowest BCUT2D eigenvalue weighted by Crippen LogP contribution is -2.63. The molecule has 1 N–H and O–H groups in total. The Morgan fingerprint density at radius 2 is 2.16 bits per heavy atom. The van der Waals surface area contributed by atoms with Crippen LogP contribution in [0.1, 0.15) is 44.7 Å². The van der Waals surface area contributed by atoms with Crippen molar-refractivity contribution >= 4 is 23.2 Å². The minimum atomic E-state index is -0.405. The summed E-state index contributed by atoms with van der Waals surface area (Å²) in [5.41, 5.74) is 0. The Bertz CT molecular complexity index is 460. The van der Waals surface area contributed by atoms with Crippen LogP contribution in [0.3, 0.4) is 0 Å².